The fraction of sp³-hybridized carbons (Fsp3) is 0.235. The van der Waals surface area contributed by atoms with Crippen LogP contribution in [0.4, 0.5) is 4.39 Å². The van der Waals surface area contributed by atoms with Crippen molar-refractivity contribution >= 4 is 17.5 Å². The number of morpholine rings is 1. The second kappa shape index (κ2) is 6.46. The molecule has 2 aromatic carbocycles. The first-order valence-corrected chi connectivity index (χ1v) is 7.44. The lowest BCUT2D eigenvalue weighted by Crippen LogP contribution is -2.42. The molecule has 3 rings (SSSR count). The molecule has 0 unspecified atom stereocenters. The zero-order chi connectivity index (χ0) is 15.5. The highest BCUT2D eigenvalue weighted by atomic mass is 35.5. The number of benzene rings is 2. The Kier molecular flexibility index (Phi) is 4.41. The predicted molar refractivity (Wildman–Crippen MR) is 82.4 cm³/mol. The lowest BCUT2D eigenvalue weighted by atomic mass is 10.1. The topological polar surface area (TPSA) is 29.5 Å². The fourth-order valence-electron chi connectivity index (χ4n) is 2.54. The summed E-state index contributed by atoms with van der Waals surface area (Å²) in [5, 5.41) is 0.276. The Hall–Kier alpha value is -1.91. The molecule has 22 heavy (non-hydrogen) atoms. The van der Waals surface area contributed by atoms with Crippen molar-refractivity contribution in [2.75, 3.05) is 19.7 Å². The maximum absolute atomic E-state index is 13.9. The number of rotatable bonds is 2. The molecule has 0 N–H and O–H groups in total. The van der Waals surface area contributed by atoms with Crippen LogP contribution in [-0.2, 0) is 4.74 Å². The van der Waals surface area contributed by atoms with Gasteiger partial charge in [-0.05, 0) is 23.8 Å². The van der Waals surface area contributed by atoms with E-state index >= 15 is 0 Å². The first-order valence-electron chi connectivity index (χ1n) is 7.06. The van der Waals surface area contributed by atoms with Crippen molar-refractivity contribution in [2.24, 2.45) is 0 Å². The van der Waals surface area contributed by atoms with Crippen molar-refractivity contribution in [1.82, 2.24) is 4.90 Å². The quantitative estimate of drug-likeness (QED) is 0.845. The number of halogens is 2. The Morgan fingerprint density at radius 1 is 1.23 bits per heavy atom. The van der Waals surface area contributed by atoms with E-state index in [0.717, 1.165) is 11.6 Å². The molecule has 0 radical (unpaired) electrons. The van der Waals surface area contributed by atoms with Crippen molar-refractivity contribution < 1.29 is 13.9 Å². The van der Waals surface area contributed by atoms with Crippen LogP contribution in [0.25, 0.3) is 0 Å². The largest absolute Gasteiger partial charge is 0.370 e. The van der Waals surface area contributed by atoms with Crippen LogP contribution in [0.15, 0.2) is 48.5 Å². The number of ether oxygens (including phenoxy) is 1. The summed E-state index contributed by atoms with van der Waals surface area (Å²) in [4.78, 5) is 14.1. The van der Waals surface area contributed by atoms with Gasteiger partial charge in [0.05, 0.1) is 18.7 Å². The van der Waals surface area contributed by atoms with Crippen LogP contribution in [0, 0.1) is 5.82 Å². The standard InChI is InChI=1S/C17H15ClFNO2/c18-13-6-7-14(15(19)10-13)17(21)20-8-9-22-16(11-20)12-4-2-1-3-5-12/h1-7,10,16H,8-9,11H2/t16-/m1/s1. The van der Waals surface area contributed by atoms with Gasteiger partial charge in [-0.3, -0.25) is 4.79 Å². The van der Waals surface area contributed by atoms with E-state index < -0.39 is 5.82 Å². The van der Waals surface area contributed by atoms with Gasteiger partial charge in [0.2, 0.25) is 0 Å². The highest BCUT2D eigenvalue weighted by Gasteiger charge is 2.27. The highest BCUT2D eigenvalue weighted by molar-refractivity contribution is 6.30. The lowest BCUT2D eigenvalue weighted by Gasteiger charge is -2.33. The summed E-state index contributed by atoms with van der Waals surface area (Å²) in [5.41, 5.74) is 1.05. The van der Waals surface area contributed by atoms with Crippen LogP contribution in [0.3, 0.4) is 0 Å². The van der Waals surface area contributed by atoms with Crippen molar-refractivity contribution in [3.63, 3.8) is 0 Å². The van der Waals surface area contributed by atoms with Gasteiger partial charge in [-0.2, -0.15) is 0 Å². The Labute approximate surface area is 133 Å². The minimum absolute atomic E-state index is 0.0399. The van der Waals surface area contributed by atoms with Crippen LogP contribution >= 0.6 is 11.6 Å². The lowest BCUT2D eigenvalue weighted by molar-refractivity contribution is -0.0229. The minimum atomic E-state index is -0.597. The molecule has 0 aliphatic carbocycles. The van der Waals surface area contributed by atoms with E-state index in [2.05, 4.69) is 0 Å². The summed E-state index contributed by atoms with van der Waals surface area (Å²) >= 11 is 5.73. The maximum Gasteiger partial charge on any atom is 0.257 e. The van der Waals surface area contributed by atoms with Crippen molar-refractivity contribution in [1.29, 1.82) is 0 Å². The van der Waals surface area contributed by atoms with Gasteiger partial charge < -0.3 is 9.64 Å². The zero-order valence-electron chi connectivity index (χ0n) is 11.8. The zero-order valence-corrected chi connectivity index (χ0v) is 12.6. The Balaban J connectivity index is 1.78. The number of amides is 1. The monoisotopic (exact) mass is 319 g/mol. The van der Waals surface area contributed by atoms with Gasteiger partial charge >= 0.3 is 0 Å². The number of carbonyl (C=O) groups excluding carboxylic acids is 1. The second-order valence-electron chi connectivity index (χ2n) is 5.15. The third-order valence-electron chi connectivity index (χ3n) is 3.69. The van der Waals surface area contributed by atoms with Gasteiger partial charge in [0.15, 0.2) is 0 Å². The summed E-state index contributed by atoms with van der Waals surface area (Å²) < 4.78 is 19.6. The predicted octanol–water partition coefficient (Wildman–Crippen LogP) is 3.69. The van der Waals surface area contributed by atoms with Crippen LogP contribution < -0.4 is 0 Å². The summed E-state index contributed by atoms with van der Waals surface area (Å²) in [5.74, 6) is -0.932. The summed E-state index contributed by atoms with van der Waals surface area (Å²) in [6, 6.07) is 13.8. The molecule has 114 valence electrons. The number of nitrogens with zero attached hydrogens (tertiary/aromatic N) is 1. The average molecular weight is 320 g/mol. The first kappa shape index (κ1) is 15.0. The normalized spacial score (nSPS) is 18.3. The molecule has 1 fully saturated rings. The van der Waals surface area contributed by atoms with Gasteiger partial charge in [-0.25, -0.2) is 4.39 Å². The Bertz CT molecular complexity index is 678. The smallest absolute Gasteiger partial charge is 0.257 e. The molecule has 0 aromatic heterocycles. The summed E-state index contributed by atoms with van der Waals surface area (Å²) in [7, 11) is 0. The molecule has 3 nitrogen and oxygen atoms in total. The van der Waals surface area contributed by atoms with E-state index in [1.165, 1.54) is 12.1 Å². The number of hydrogen-bond acceptors (Lipinski definition) is 2. The molecule has 5 heteroatoms. The van der Waals surface area contributed by atoms with Gasteiger partial charge in [-0.15, -0.1) is 0 Å². The molecule has 1 saturated heterocycles. The maximum atomic E-state index is 13.9. The molecule has 2 aromatic rings. The van der Waals surface area contributed by atoms with Crippen LogP contribution in [0.1, 0.15) is 22.0 Å². The van der Waals surface area contributed by atoms with E-state index in [-0.39, 0.29) is 22.6 Å². The van der Waals surface area contributed by atoms with Crippen molar-refractivity contribution in [3.05, 3.63) is 70.5 Å². The van der Waals surface area contributed by atoms with Crippen LogP contribution in [-0.4, -0.2) is 30.5 Å². The van der Waals surface area contributed by atoms with Gasteiger partial charge in [-0.1, -0.05) is 41.9 Å². The van der Waals surface area contributed by atoms with Gasteiger partial charge in [0.1, 0.15) is 11.9 Å². The van der Waals surface area contributed by atoms with Gasteiger partial charge in [0, 0.05) is 11.6 Å². The number of hydrogen-bond donors (Lipinski definition) is 0. The summed E-state index contributed by atoms with van der Waals surface area (Å²) in [6.07, 6.45) is -0.186. The van der Waals surface area contributed by atoms with E-state index in [1.807, 2.05) is 30.3 Å². The van der Waals surface area contributed by atoms with E-state index in [4.69, 9.17) is 16.3 Å². The van der Waals surface area contributed by atoms with Crippen molar-refractivity contribution in [3.8, 4) is 0 Å². The van der Waals surface area contributed by atoms with E-state index in [1.54, 1.807) is 4.90 Å². The first-order chi connectivity index (χ1) is 10.6. The number of carbonyl (C=O) groups is 1. The van der Waals surface area contributed by atoms with Gasteiger partial charge in [0.25, 0.3) is 5.91 Å². The van der Waals surface area contributed by atoms with Crippen LogP contribution in [0.2, 0.25) is 5.02 Å². The molecule has 1 atom stereocenters. The summed E-state index contributed by atoms with van der Waals surface area (Å²) in [6.45, 7) is 1.29. The fourth-order valence-corrected chi connectivity index (χ4v) is 2.70. The average Bonchev–Trinajstić information content (AvgIpc) is 2.55. The Morgan fingerprint density at radius 3 is 2.73 bits per heavy atom. The second-order valence-corrected chi connectivity index (χ2v) is 5.58. The van der Waals surface area contributed by atoms with E-state index in [9.17, 15) is 9.18 Å². The van der Waals surface area contributed by atoms with E-state index in [0.29, 0.717) is 19.7 Å². The van der Waals surface area contributed by atoms with Crippen molar-refractivity contribution in [2.45, 2.75) is 6.10 Å². The third kappa shape index (κ3) is 3.13. The molecule has 0 saturated carbocycles. The SMILES string of the molecule is O=C(c1ccc(Cl)cc1F)N1CCO[C@@H](c2ccccc2)C1. The molecular formula is C17H15ClFNO2. The molecule has 0 bridgehead atoms. The molecule has 1 heterocycles. The molecule has 0 spiro atoms. The molecule has 1 aliphatic rings. The van der Waals surface area contributed by atoms with Crippen LogP contribution in [0.5, 0.6) is 0 Å². The Morgan fingerprint density at radius 2 is 2.00 bits per heavy atom. The highest BCUT2D eigenvalue weighted by Crippen LogP contribution is 2.24. The molecule has 1 aliphatic heterocycles. The molecular weight excluding hydrogens is 305 g/mol. The molecule has 1 amide bonds. The minimum Gasteiger partial charge on any atom is -0.370 e. The third-order valence-corrected chi connectivity index (χ3v) is 3.92.